The maximum absolute atomic E-state index is 6.21. The lowest BCUT2D eigenvalue weighted by atomic mass is 10.2. The minimum Gasteiger partial charge on any atom is -0.543 e. The molecule has 19 heavy (non-hydrogen) atoms. The van der Waals surface area contributed by atoms with E-state index >= 15 is 0 Å². The largest absolute Gasteiger partial charge is 0.543 e. The highest BCUT2D eigenvalue weighted by Gasteiger charge is 2.38. The average molecular weight is 278 g/mol. The van der Waals surface area contributed by atoms with E-state index in [-0.39, 0.29) is 5.04 Å². The first-order chi connectivity index (χ1) is 8.76. The fourth-order valence-corrected chi connectivity index (χ4v) is 2.34. The van der Waals surface area contributed by atoms with E-state index in [1.54, 1.807) is 0 Å². The molecule has 3 heteroatoms. The standard InChI is InChI=1S/C16H26O2Si/c1-7-8-13-17-14-9-11-15(12-10-14)18-19(5,6)16(2,3)4/h7,9-12H,1,8,13H2,2-6H3. The third-order valence-corrected chi connectivity index (χ3v) is 7.95. The summed E-state index contributed by atoms with van der Waals surface area (Å²) in [6.07, 6.45) is 2.72. The normalized spacial score (nSPS) is 12.1. The summed E-state index contributed by atoms with van der Waals surface area (Å²) >= 11 is 0. The number of hydrogen-bond acceptors (Lipinski definition) is 2. The molecule has 1 aromatic rings. The molecular formula is C16H26O2Si. The van der Waals surface area contributed by atoms with Crippen LogP contribution in [0.4, 0.5) is 0 Å². The molecule has 0 aliphatic rings. The molecule has 0 spiro atoms. The minimum atomic E-state index is -1.75. The molecule has 0 saturated carbocycles. The van der Waals surface area contributed by atoms with Gasteiger partial charge < -0.3 is 9.16 Å². The van der Waals surface area contributed by atoms with Gasteiger partial charge in [0, 0.05) is 0 Å². The Morgan fingerprint density at radius 2 is 1.63 bits per heavy atom. The van der Waals surface area contributed by atoms with E-state index in [0.29, 0.717) is 6.61 Å². The summed E-state index contributed by atoms with van der Waals surface area (Å²) < 4.78 is 11.8. The van der Waals surface area contributed by atoms with E-state index in [4.69, 9.17) is 9.16 Å². The zero-order chi connectivity index (χ0) is 14.5. The van der Waals surface area contributed by atoms with E-state index in [9.17, 15) is 0 Å². The number of hydrogen-bond donors (Lipinski definition) is 0. The van der Waals surface area contributed by atoms with Gasteiger partial charge in [-0.1, -0.05) is 26.8 Å². The van der Waals surface area contributed by atoms with Gasteiger partial charge in [-0.05, 0) is 48.8 Å². The molecule has 0 aliphatic carbocycles. The van der Waals surface area contributed by atoms with Crippen LogP contribution in [0.5, 0.6) is 11.5 Å². The Bertz CT molecular complexity index is 402. The molecule has 0 aromatic heterocycles. The Hall–Kier alpha value is -1.22. The number of rotatable bonds is 6. The van der Waals surface area contributed by atoms with Crippen molar-refractivity contribution in [3.05, 3.63) is 36.9 Å². The van der Waals surface area contributed by atoms with Crippen LogP contribution in [0.1, 0.15) is 27.2 Å². The highest BCUT2D eigenvalue weighted by molar-refractivity contribution is 6.74. The lowest BCUT2D eigenvalue weighted by Gasteiger charge is -2.36. The van der Waals surface area contributed by atoms with Gasteiger partial charge in [0.25, 0.3) is 0 Å². The first-order valence-electron chi connectivity index (χ1n) is 6.79. The highest BCUT2D eigenvalue weighted by Crippen LogP contribution is 2.37. The van der Waals surface area contributed by atoms with Crippen LogP contribution in [-0.4, -0.2) is 14.9 Å². The van der Waals surface area contributed by atoms with Gasteiger partial charge in [0.2, 0.25) is 8.32 Å². The fourth-order valence-electron chi connectivity index (χ4n) is 1.31. The van der Waals surface area contributed by atoms with Crippen LogP contribution < -0.4 is 9.16 Å². The summed E-state index contributed by atoms with van der Waals surface area (Å²) in [6.45, 7) is 15.6. The Balaban J connectivity index is 2.64. The van der Waals surface area contributed by atoms with Gasteiger partial charge in [-0.15, -0.1) is 6.58 Å². The average Bonchev–Trinajstić information content (AvgIpc) is 2.30. The third-order valence-electron chi connectivity index (χ3n) is 3.59. The van der Waals surface area contributed by atoms with Crippen LogP contribution in [0.2, 0.25) is 18.1 Å². The van der Waals surface area contributed by atoms with Crippen molar-refractivity contribution in [2.75, 3.05) is 6.61 Å². The van der Waals surface area contributed by atoms with Gasteiger partial charge in [-0.3, -0.25) is 0 Å². The molecule has 0 atom stereocenters. The molecule has 0 saturated heterocycles. The monoisotopic (exact) mass is 278 g/mol. The van der Waals surface area contributed by atoms with Crippen molar-refractivity contribution < 1.29 is 9.16 Å². The molecule has 0 unspecified atom stereocenters. The first kappa shape index (κ1) is 15.8. The van der Waals surface area contributed by atoms with Crippen LogP contribution >= 0.6 is 0 Å². The Kier molecular flexibility index (Phi) is 5.24. The molecule has 0 bridgehead atoms. The van der Waals surface area contributed by atoms with Crippen molar-refractivity contribution in [3.63, 3.8) is 0 Å². The zero-order valence-corrected chi connectivity index (χ0v) is 13.8. The number of ether oxygens (including phenoxy) is 1. The molecule has 1 aromatic carbocycles. The van der Waals surface area contributed by atoms with Crippen LogP contribution in [0.3, 0.4) is 0 Å². The second-order valence-electron chi connectivity index (χ2n) is 6.26. The topological polar surface area (TPSA) is 18.5 Å². The summed E-state index contributed by atoms with van der Waals surface area (Å²) in [4.78, 5) is 0. The molecule has 0 heterocycles. The summed E-state index contributed by atoms with van der Waals surface area (Å²) in [5.74, 6) is 1.81. The maximum Gasteiger partial charge on any atom is 0.250 e. The summed E-state index contributed by atoms with van der Waals surface area (Å²) in [7, 11) is -1.75. The van der Waals surface area contributed by atoms with Gasteiger partial charge in [0.15, 0.2) is 0 Å². The van der Waals surface area contributed by atoms with Crippen molar-refractivity contribution in [3.8, 4) is 11.5 Å². The summed E-state index contributed by atoms with van der Waals surface area (Å²) in [5, 5.41) is 0.214. The predicted molar refractivity (Wildman–Crippen MR) is 84.6 cm³/mol. The van der Waals surface area contributed by atoms with Crippen LogP contribution in [-0.2, 0) is 0 Å². The second-order valence-corrected chi connectivity index (χ2v) is 11.0. The Morgan fingerprint density at radius 3 is 2.11 bits per heavy atom. The molecule has 0 fully saturated rings. The van der Waals surface area contributed by atoms with E-state index in [1.807, 2.05) is 30.3 Å². The van der Waals surface area contributed by atoms with Crippen LogP contribution in [0.25, 0.3) is 0 Å². The van der Waals surface area contributed by atoms with Crippen LogP contribution in [0, 0.1) is 0 Å². The van der Waals surface area contributed by atoms with Gasteiger partial charge in [0.1, 0.15) is 11.5 Å². The maximum atomic E-state index is 6.21. The molecule has 1 rings (SSSR count). The van der Waals surface area contributed by atoms with E-state index in [0.717, 1.165) is 17.9 Å². The minimum absolute atomic E-state index is 0.214. The predicted octanol–water partition coefficient (Wildman–Crippen LogP) is 5.03. The van der Waals surface area contributed by atoms with Crippen LogP contribution in [0.15, 0.2) is 36.9 Å². The lowest BCUT2D eigenvalue weighted by Crippen LogP contribution is -2.43. The molecule has 0 amide bonds. The van der Waals surface area contributed by atoms with Crippen molar-refractivity contribution in [2.45, 2.75) is 45.3 Å². The van der Waals surface area contributed by atoms with E-state index in [2.05, 4.69) is 40.4 Å². The van der Waals surface area contributed by atoms with Gasteiger partial charge in [-0.2, -0.15) is 0 Å². The summed E-state index contributed by atoms with van der Waals surface area (Å²) in [6, 6.07) is 7.91. The fraction of sp³-hybridized carbons (Fsp3) is 0.500. The van der Waals surface area contributed by atoms with Crippen molar-refractivity contribution in [1.82, 2.24) is 0 Å². The molecule has 106 valence electrons. The first-order valence-corrected chi connectivity index (χ1v) is 9.70. The van der Waals surface area contributed by atoms with Crippen molar-refractivity contribution in [2.24, 2.45) is 0 Å². The van der Waals surface area contributed by atoms with Gasteiger partial charge in [0.05, 0.1) is 6.61 Å². The van der Waals surface area contributed by atoms with Crippen molar-refractivity contribution >= 4 is 8.32 Å². The highest BCUT2D eigenvalue weighted by atomic mass is 28.4. The Labute approximate surface area is 118 Å². The second kappa shape index (κ2) is 6.28. The smallest absolute Gasteiger partial charge is 0.250 e. The molecule has 2 nitrogen and oxygen atoms in total. The molecule has 0 aliphatic heterocycles. The third kappa shape index (κ3) is 4.75. The molecule has 0 radical (unpaired) electrons. The number of benzene rings is 1. The van der Waals surface area contributed by atoms with Gasteiger partial charge >= 0.3 is 0 Å². The molecular weight excluding hydrogens is 252 g/mol. The quantitative estimate of drug-likeness (QED) is 0.413. The lowest BCUT2D eigenvalue weighted by molar-refractivity contribution is 0.324. The van der Waals surface area contributed by atoms with E-state index < -0.39 is 8.32 Å². The SMILES string of the molecule is C=CCCOc1ccc(O[Si](C)(C)C(C)(C)C)cc1. The zero-order valence-electron chi connectivity index (χ0n) is 12.8. The Morgan fingerprint density at radius 1 is 1.11 bits per heavy atom. The van der Waals surface area contributed by atoms with E-state index in [1.165, 1.54) is 0 Å². The van der Waals surface area contributed by atoms with Gasteiger partial charge in [-0.25, -0.2) is 0 Å². The summed E-state index contributed by atoms with van der Waals surface area (Å²) in [5.41, 5.74) is 0. The molecule has 0 N–H and O–H groups in total. The van der Waals surface area contributed by atoms with Crippen molar-refractivity contribution in [1.29, 1.82) is 0 Å².